The van der Waals surface area contributed by atoms with E-state index in [4.69, 9.17) is 9.47 Å². The topological polar surface area (TPSA) is 42.8 Å². The molecule has 6 nitrogen and oxygen atoms in total. The van der Waals surface area contributed by atoms with Gasteiger partial charge in [-0.2, -0.15) is 5.10 Å². The van der Waals surface area contributed by atoms with Crippen molar-refractivity contribution in [2.75, 3.05) is 47.0 Å². The van der Waals surface area contributed by atoms with Crippen LogP contribution in [0.1, 0.15) is 11.1 Å². The van der Waals surface area contributed by atoms with Crippen molar-refractivity contribution in [3.05, 3.63) is 47.8 Å². The summed E-state index contributed by atoms with van der Waals surface area (Å²) < 4.78 is 13.4. The first-order valence-electron chi connectivity index (χ1n) is 9.35. The highest BCUT2D eigenvalue weighted by Crippen LogP contribution is 2.25. The molecule has 0 radical (unpaired) electrons. The average molecular weight is 356 g/mol. The molecule has 2 atom stereocenters. The Bertz CT molecular complexity index is 719. The minimum absolute atomic E-state index is 0.462. The summed E-state index contributed by atoms with van der Waals surface area (Å²) in [6, 6.07) is 8.94. The summed E-state index contributed by atoms with van der Waals surface area (Å²) >= 11 is 0. The molecular formula is C20H28N4O2. The number of rotatable bonds is 5. The summed E-state index contributed by atoms with van der Waals surface area (Å²) in [5.41, 5.74) is 2.49. The van der Waals surface area contributed by atoms with Gasteiger partial charge in [-0.1, -0.05) is 6.07 Å². The van der Waals surface area contributed by atoms with Gasteiger partial charge >= 0.3 is 0 Å². The van der Waals surface area contributed by atoms with Crippen LogP contribution in [-0.2, 0) is 17.8 Å². The quantitative estimate of drug-likeness (QED) is 0.816. The Hall–Kier alpha value is -1.89. The third-order valence-electron chi connectivity index (χ3n) is 5.39. The van der Waals surface area contributed by atoms with Gasteiger partial charge in [0.1, 0.15) is 5.75 Å². The van der Waals surface area contributed by atoms with Crippen molar-refractivity contribution in [1.82, 2.24) is 19.6 Å². The molecule has 6 heteroatoms. The molecule has 0 spiro atoms. The van der Waals surface area contributed by atoms with Crippen LogP contribution < -0.4 is 4.74 Å². The highest BCUT2D eigenvalue weighted by atomic mass is 16.5. The lowest BCUT2D eigenvalue weighted by Crippen LogP contribution is -2.42. The van der Waals surface area contributed by atoms with E-state index >= 15 is 0 Å². The number of ether oxygens (including phenoxy) is 2. The van der Waals surface area contributed by atoms with Gasteiger partial charge in [0.15, 0.2) is 0 Å². The summed E-state index contributed by atoms with van der Waals surface area (Å²) in [5.74, 6) is 1.51. The summed E-state index contributed by atoms with van der Waals surface area (Å²) in [5, 5.41) is 4.33. The molecular weight excluding hydrogens is 328 g/mol. The summed E-state index contributed by atoms with van der Waals surface area (Å²) in [7, 11) is 3.96. The SMILES string of the molecule is COc1ccc(CN2C[C@H]3COC[C@@H]2CN(C)C3)cc1Cn1cccn1. The zero-order valence-corrected chi connectivity index (χ0v) is 15.7. The Labute approximate surface area is 155 Å². The molecule has 1 aromatic heterocycles. The zero-order chi connectivity index (χ0) is 17.9. The standard InChI is InChI=1S/C20H28N4O2/c1-22-9-17-11-23(19(13-22)15-26-14-17)10-16-4-5-20(25-2)18(8-16)12-24-7-3-6-21-24/h3-8,17,19H,9-15H2,1-2H3/t17-,19-/m0/s1. The highest BCUT2D eigenvalue weighted by Gasteiger charge is 2.31. The zero-order valence-electron chi connectivity index (χ0n) is 15.7. The van der Waals surface area contributed by atoms with E-state index in [1.54, 1.807) is 7.11 Å². The molecule has 0 unspecified atom stereocenters. The van der Waals surface area contributed by atoms with Crippen molar-refractivity contribution in [3.8, 4) is 5.75 Å². The first-order chi connectivity index (χ1) is 12.7. The lowest BCUT2D eigenvalue weighted by atomic mass is 10.1. The number of likely N-dealkylation sites (N-methyl/N-ethyl adjacent to an activating group) is 1. The third kappa shape index (κ3) is 3.92. The van der Waals surface area contributed by atoms with Gasteiger partial charge in [0.2, 0.25) is 0 Å². The number of aromatic nitrogens is 2. The highest BCUT2D eigenvalue weighted by molar-refractivity contribution is 5.37. The average Bonchev–Trinajstić information content (AvgIpc) is 2.99. The number of nitrogens with zero attached hydrogens (tertiary/aromatic N) is 4. The summed E-state index contributed by atoms with van der Waals surface area (Å²) in [6.07, 6.45) is 3.79. The summed E-state index contributed by atoms with van der Waals surface area (Å²) in [6.45, 7) is 6.69. The van der Waals surface area contributed by atoms with Gasteiger partial charge in [0.05, 0.1) is 26.9 Å². The number of fused-ring (bicyclic) bond motifs is 3. The van der Waals surface area contributed by atoms with Crippen LogP contribution in [0.25, 0.3) is 0 Å². The van der Waals surface area contributed by atoms with Crippen molar-refractivity contribution in [2.45, 2.75) is 19.1 Å². The van der Waals surface area contributed by atoms with E-state index in [2.05, 4.69) is 40.1 Å². The number of hydrogen-bond donors (Lipinski definition) is 0. The Kier molecular flexibility index (Phi) is 5.24. The molecule has 3 heterocycles. The molecule has 2 aliphatic rings. The molecule has 2 aromatic rings. The van der Waals surface area contributed by atoms with Crippen molar-refractivity contribution in [2.24, 2.45) is 5.92 Å². The molecule has 0 N–H and O–H groups in total. The molecule has 0 amide bonds. The Balaban J connectivity index is 1.54. The molecule has 4 rings (SSSR count). The van der Waals surface area contributed by atoms with E-state index < -0.39 is 0 Å². The number of benzene rings is 1. The smallest absolute Gasteiger partial charge is 0.123 e. The minimum atomic E-state index is 0.462. The Morgan fingerprint density at radius 2 is 2.12 bits per heavy atom. The van der Waals surface area contributed by atoms with E-state index in [0.717, 1.165) is 51.7 Å². The monoisotopic (exact) mass is 356 g/mol. The predicted molar refractivity (Wildman–Crippen MR) is 100 cm³/mol. The lowest BCUT2D eigenvalue weighted by molar-refractivity contribution is 0.0562. The van der Waals surface area contributed by atoms with Crippen molar-refractivity contribution >= 4 is 0 Å². The van der Waals surface area contributed by atoms with E-state index in [0.29, 0.717) is 12.0 Å². The fraction of sp³-hybridized carbons (Fsp3) is 0.550. The van der Waals surface area contributed by atoms with Gasteiger partial charge in [-0.25, -0.2) is 0 Å². The van der Waals surface area contributed by atoms with Crippen molar-refractivity contribution in [1.29, 1.82) is 0 Å². The second-order valence-electron chi connectivity index (χ2n) is 7.56. The molecule has 0 aliphatic carbocycles. The molecule has 26 heavy (non-hydrogen) atoms. The van der Waals surface area contributed by atoms with E-state index in [1.165, 1.54) is 11.1 Å². The van der Waals surface area contributed by atoms with E-state index in [-0.39, 0.29) is 0 Å². The van der Waals surface area contributed by atoms with E-state index in [9.17, 15) is 0 Å². The van der Waals surface area contributed by atoms with Crippen LogP contribution in [0.3, 0.4) is 0 Å². The van der Waals surface area contributed by atoms with Crippen LogP contribution in [0.15, 0.2) is 36.7 Å². The number of hydrogen-bond acceptors (Lipinski definition) is 5. The second-order valence-corrected chi connectivity index (χ2v) is 7.56. The Morgan fingerprint density at radius 3 is 2.92 bits per heavy atom. The van der Waals surface area contributed by atoms with Crippen molar-refractivity contribution in [3.63, 3.8) is 0 Å². The van der Waals surface area contributed by atoms with E-state index in [1.807, 2.05) is 23.1 Å². The lowest BCUT2D eigenvalue weighted by Gasteiger charge is -2.29. The minimum Gasteiger partial charge on any atom is -0.496 e. The van der Waals surface area contributed by atoms with Crippen LogP contribution in [0.2, 0.25) is 0 Å². The molecule has 2 fully saturated rings. The van der Waals surface area contributed by atoms with Crippen LogP contribution in [0.5, 0.6) is 5.75 Å². The first kappa shape index (κ1) is 17.5. The van der Waals surface area contributed by atoms with Crippen molar-refractivity contribution < 1.29 is 9.47 Å². The first-order valence-corrected chi connectivity index (χ1v) is 9.35. The summed E-state index contributed by atoms with van der Waals surface area (Å²) in [4.78, 5) is 5.05. The Morgan fingerprint density at radius 1 is 1.19 bits per heavy atom. The van der Waals surface area contributed by atoms with Gasteiger partial charge in [0, 0.05) is 56.1 Å². The van der Waals surface area contributed by atoms with Crippen LogP contribution in [0, 0.1) is 5.92 Å². The van der Waals surface area contributed by atoms with Crippen LogP contribution in [-0.4, -0.2) is 72.6 Å². The van der Waals surface area contributed by atoms with Crippen LogP contribution >= 0.6 is 0 Å². The predicted octanol–water partition coefficient (Wildman–Crippen LogP) is 1.70. The van der Waals surface area contributed by atoms with Gasteiger partial charge in [-0.05, 0) is 30.8 Å². The van der Waals surface area contributed by atoms with Gasteiger partial charge in [0.25, 0.3) is 0 Å². The van der Waals surface area contributed by atoms with Gasteiger partial charge in [-0.15, -0.1) is 0 Å². The maximum Gasteiger partial charge on any atom is 0.123 e. The fourth-order valence-electron chi connectivity index (χ4n) is 4.21. The molecule has 0 saturated carbocycles. The van der Waals surface area contributed by atoms with Crippen LogP contribution in [0.4, 0.5) is 0 Å². The normalized spacial score (nSPS) is 24.4. The molecule has 2 bridgehead atoms. The molecule has 1 aromatic carbocycles. The molecule has 2 saturated heterocycles. The molecule has 140 valence electrons. The molecule has 2 aliphatic heterocycles. The third-order valence-corrected chi connectivity index (χ3v) is 5.39. The van der Waals surface area contributed by atoms with Gasteiger partial charge < -0.3 is 14.4 Å². The van der Waals surface area contributed by atoms with Gasteiger partial charge in [-0.3, -0.25) is 9.58 Å². The largest absolute Gasteiger partial charge is 0.496 e. The number of methoxy groups -OCH3 is 1. The maximum atomic E-state index is 5.91. The second kappa shape index (κ2) is 7.78. The fourth-order valence-corrected chi connectivity index (χ4v) is 4.21. The maximum absolute atomic E-state index is 5.91.